The van der Waals surface area contributed by atoms with Crippen LogP contribution in [0, 0.1) is 0 Å². The van der Waals surface area contributed by atoms with E-state index in [1.807, 2.05) is 84.9 Å². The average Bonchev–Trinajstić information content (AvgIpc) is 3.29. The number of nitrogens with zero attached hydrogens (tertiary/aromatic N) is 2. The van der Waals surface area contributed by atoms with Gasteiger partial charge >= 0.3 is 0 Å². The number of carbonyl (C=O) groups excluding carboxylic acids is 2. The topological polar surface area (TPSA) is 97.0 Å². The highest BCUT2D eigenvalue weighted by Gasteiger charge is 2.34. The molecule has 0 bridgehead atoms. The van der Waals surface area contributed by atoms with Crippen molar-refractivity contribution in [2.24, 2.45) is 10.8 Å². The molecule has 0 aromatic heterocycles. The van der Waals surface area contributed by atoms with Gasteiger partial charge in [-0.25, -0.2) is 0 Å². The molecule has 0 saturated carbocycles. The van der Waals surface area contributed by atoms with Gasteiger partial charge in [0, 0.05) is 12.0 Å². The maximum absolute atomic E-state index is 12.6. The number of para-hydroxylation sites is 2. The molecule has 3 N–H and O–H groups in total. The lowest BCUT2D eigenvalue weighted by Crippen LogP contribution is -2.40. The second kappa shape index (κ2) is 9.78. The van der Waals surface area contributed by atoms with Crippen molar-refractivity contribution in [3.8, 4) is 16.9 Å². The van der Waals surface area contributed by atoms with Gasteiger partial charge in [-0.15, -0.1) is 0 Å². The number of amides is 2. The number of nitrogens with one attached hydrogen (secondary N) is 1. The van der Waals surface area contributed by atoms with Gasteiger partial charge < -0.3 is 15.8 Å². The highest BCUT2D eigenvalue weighted by molar-refractivity contribution is 6.40. The van der Waals surface area contributed by atoms with Crippen LogP contribution in [-0.4, -0.2) is 36.7 Å². The Morgan fingerprint density at radius 2 is 1.62 bits per heavy atom. The number of hydrogen-bond acceptors (Lipinski definition) is 5. The fraction of sp³-hybridized carbons (Fsp3) is 0.160. The van der Waals surface area contributed by atoms with Crippen molar-refractivity contribution in [1.82, 2.24) is 5.32 Å². The second-order valence-electron chi connectivity index (χ2n) is 7.32. The number of carbonyl (C=O) groups is 2. The van der Waals surface area contributed by atoms with Crippen LogP contribution in [0.25, 0.3) is 11.1 Å². The summed E-state index contributed by atoms with van der Waals surface area (Å²) in [6.45, 7) is 0.595. The lowest BCUT2D eigenvalue weighted by molar-refractivity contribution is -0.119. The Morgan fingerprint density at radius 3 is 2.34 bits per heavy atom. The van der Waals surface area contributed by atoms with Crippen LogP contribution in [0.3, 0.4) is 0 Å². The molecule has 1 unspecified atom stereocenters. The number of ether oxygens (including phenoxy) is 1. The Balaban J connectivity index is 1.36. The normalized spacial score (nSPS) is 15.2. The molecule has 1 heterocycles. The minimum absolute atomic E-state index is 0.160. The van der Waals surface area contributed by atoms with Gasteiger partial charge in [-0.1, -0.05) is 66.7 Å². The summed E-state index contributed by atoms with van der Waals surface area (Å²) in [4.78, 5) is 24.5. The third kappa shape index (κ3) is 4.78. The summed E-state index contributed by atoms with van der Waals surface area (Å²) in [5.41, 5.74) is 8.55. The van der Waals surface area contributed by atoms with Crippen molar-refractivity contribution in [3.63, 3.8) is 0 Å². The van der Waals surface area contributed by atoms with Crippen molar-refractivity contribution >= 4 is 23.2 Å². The van der Waals surface area contributed by atoms with Crippen molar-refractivity contribution in [2.45, 2.75) is 12.5 Å². The van der Waals surface area contributed by atoms with Gasteiger partial charge in [0.05, 0.1) is 12.2 Å². The molecule has 1 atom stereocenters. The highest BCUT2D eigenvalue weighted by atomic mass is 16.5. The molecule has 0 aliphatic carbocycles. The lowest BCUT2D eigenvalue weighted by Gasteiger charge is -2.20. The zero-order valence-corrected chi connectivity index (χ0v) is 17.5. The highest BCUT2D eigenvalue weighted by Crippen LogP contribution is 2.29. The fourth-order valence-electron chi connectivity index (χ4n) is 3.56. The molecule has 7 nitrogen and oxygen atoms in total. The Labute approximate surface area is 186 Å². The van der Waals surface area contributed by atoms with Gasteiger partial charge in [0.1, 0.15) is 24.1 Å². The maximum Gasteiger partial charge on any atom is 0.267 e. The van der Waals surface area contributed by atoms with Gasteiger partial charge in [-0.3, -0.25) is 14.6 Å². The van der Waals surface area contributed by atoms with Gasteiger partial charge in [0.25, 0.3) is 5.91 Å². The number of hydrazone groups is 1. The van der Waals surface area contributed by atoms with Crippen LogP contribution in [0.1, 0.15) is 6.42 Å². The van der Waals surface area contributed by atoms with E-state index in [0.29, 0.717) is 18.8 Å². The van der Waals surface area contributed by atoms with E-state index in [1.165, 1.54) is 5.01 Å². The Kier molecular flexibility index (Phi) is 6.46. The van der Waals surface area contributed by atoms with Crippen molar-refractivity contribution in [2.75, 3.05) is 18.2 Å². The molecule has 0 fully saturated rings. The predicted octanol–water partition coefficient (Wildman–Crippen LogP) is 2.97. The van der Waals surface area contributed by atoms with E-state index >= 15 is 0 Å². The average molecular weight is 428 g/mol. The largest absolute Gasteiger partial charge is 0.491 e. The number of hydrogen-bond donors (Lipinski definition) is 2. The Bertz CT molecular complexity index is 1120. The van der Waals surface area contributed by atoms with Crippen LogP contribution < -0.4 is 20.8 Å². The zero-order chi connectivity index (χ0) is 22.3. The summed E-state index contributed by atoms with van der Waals surface area (Å²) in [5, 5.41) is 8.66. The molecule has 1 aliphatic heterocycles. The fourth-order valence-corrected chi connectivity index (χ4v) is 3.56. The third-order valence-corrected chi connectivity index (χ3v) is 5.14. The minimum Gasteiger partial charge on any atom is -0.491 e. The third-order valence-electron chi connectivity index (χ3n) is 5.14. The van der Waals surface area contributed by atoms with Gasteiger partial charge in [-0.2, -0.15) is 5.10 Å². The summed E-state index contributed by atoms with van der Waals surface area (Å²) < 4.78 is 5.92. The number of primary amides is 1. The minimum atomic E-state index is -0.688. The molecule has 3 aromatic rings. The standard InChI is InChI=1S/C25H24N4O3/c26-24(30)22-17-21(28-29(22)19-11-5-2-6-12-19)25(31)27-15-16-32-23-14-8-7-13-20(23)18-9-3-1-4-10-18/h1-14,22H,15-17H2,(H2,26,30)(H,27,31). The van der Waals surface area contributed by atoms with Crippen LogP contribution in [0.4, 0.5) is 5.69 Å². The summed E-state index contributed by atoms with van der Waals surface area (Å²) in [6.07, 6.45) is 0.160. The molecule has 7 heteroatoms. The number of benzene rings is 3. The predicted molar refractivity (Wildman–Crippen MR) is 124 cm³/mol. The molecule has 32 heavy (non-hydrogen) atoms. The smallest absolute Gasteiger partial charge is 0.267 e. The van der Waals surface area contributed by atoms with Crippen LogP contribution in [0.15, 0.2) is 90.0 Å². The Morgan fingerprint density at radius 1 is 0.969 bits per heavy atom. The van der Waals surface area contributed by atoms with E-state index in [0.717, 1.165) is 16.9 Å². The number of rotatable bonds is 8. The maximum atomic E-state index is 12.6. The second-order valence-corrected chi connectivity index (χ2v) is 7.32. The van der Waals surface area contributed by atoms with Crippen molar-refractivity contribution in [3.05, 3.63) is 84.9 Å². The first-order chi connectivity index (χ1) is 15.6. The van der Waals surface area contributed by atoms with Gasteiger partial charge in [0.2, 0.25) is 5.91 Å². The van der Waals surface area contributed by atoms with Gasteiger partial charge in [0.15, 0.2) is 0 Å². The molecule has 3 aromatic carbocycles. The van der Waals surface area contributed by atoms with Gasteiger partial charge in [-0.05, 0) is 23.8 Å². The first-order valence-electron chi connectivity index (χ1n) is 10.4. The van der Waals surface area contributed by atoms with Crippen LogP contribution in [-0.2, 0) is 9.59 Å². The van der Waals surface area contributed by atoms with E-state index in [2.05, 4.69) is 10.4 Å². The summed E-state index contributed by atoms with van der Waals surface area (Å²) >= 11 is 0. The quantitative estimate of drug-likeness (QED) is 0.539. The lowest BCUT2D eigenvalue weighted by atomic mass is 10.1. The monoisotopic (exact) mass is 428 g/mol. The summed E-state index contributed by atoms with van der Waals surface area (Å²) in [5.74, 6) is -0.119. The van der Waals surface area contributed by atoms with E-state index in [9.17, 15) is 9.59 Å². The zero-order valence-electron chi connectivity index (χ0n) is 17.5. The molecule has 0 saturated heterocycles. The van der Waals surface area contributed by atoms with Crippen LogP contribution in [0.2, 0.25) is 0 Å². The molecule has 0 spiro atoms. The molecule has 4 rings (SSSR count). The molecular weight excluding hydrogens is 404 g/mol. The Hall–Kier alpha value is -4.13. The molecule has 0 radical (unpaired) electrons. The first-order valence-corrected chi connectivity index (χ1v) is 10.4. The first kappa shape index (κ1) is 21.1. The van der Waals surface area contributed by atoms with E-state index in [-0.39, 0.29) is 18.0 Å². The molecule has 2 amide bonds. The van der Waals surface area contributed by atoms with Crippen LogP contribution >= 0.6 is 0 Å². The summed E-state index contributed by atoms with van der Waals surface area (Å²) in [7, 11) is 0. The van der Waals surface area contributed by atoms with E-state index in [4.69, 9.17) is 10.5 Å². The summed E-state index contributed by atoms with van der Waals surface area (Å²) in [6, 6.07) is 26.2. The molecule has 162 valence electrons. The molecule has 1 aliphatic rings. The van der Waals surface area contributed by atoms with E-state index < -0.39 is 11.9 Å². The number of anilines is 1. The van der Waals surface area contributed by atoms with Crippen molar-refractivity contribution < 1.29 is 14.3 Å². The molecular formula is C25H24N4O3. The van der Waals surface area contributed by atoms with Crippen molar-refractivity contribution in [1.29, 1.82) is 0 Å². The van der Waals surface area contributed by atoms with Crippen LogP contribution in [0.5, 0.6) is 5.75 Å². The van der Waals surface area contributed by atoms with E-state index in [1.54, 1.807) is 0 Å². The SMILES string of the molecule is NC(=O)C1CC(C(=O)NCCOc2ccccc2-c2ccccc2)=NN1c1ccccc1. The number of nitrogens with two attached hydrogens (primary N) is 1.